The second kappa shape index (κ2) is 10.4. The van der Waals surface area contributed by atoms with Gasteiger partial charge in [-0.1, -0.05) is 29.3 Å². The molecule has 3 rings (SSSR count). The number of nitrogens with one attached hydrogen (secondary N) is 1. The highest BCUT2D eigenvalue weighted by atomic mass is 35.5. The second-order valence-electron chi connectivity index (χ2n) is 6.14. The Labute approximate surface area is 189 Å². The smallest absolute Gasteiger partial charge is 0.225 e. The zero-order valence-corrected chi connectivity index (χ0v) is 18.3. The van der Waals surface area contributed by atoms with Crippen molar-refractivity contribution in [3.05, 3.63) is 70.2 Å². The van der Waals surface area contributed by atoms with Gasteiger partial charge in [0.1, 0.15) is 16.8 Å². The highest BCUT2D eigenvalue weighted by Gasteiger charge is 2.11. The summed E-state index contributed by atoms with van der Waals surface area (Å²) in [6.45, 7) is 0. The van der Waals surface area contributed by atoms with E-state index < -0.39 is 0 Å². The van der Waals surface area contributed by atoms with Crippen LogP contribution in [-0.2, 0) is 4.79 Å². The number of aromatic nitrogens is 1. The fraction of sp³-hybridized carbons (Fsp3) is 0.136. The number of thioether (sulfide) groups is 1. The van der Waals surface area contributed by atoms with Gasteiger partial charge in [-0.25, -0.2) is 4.98 Å². The van der Waals surface area contributed by atoms with Gasteiger partial charge in [0, 0.05) is 17.7 Å². The summed E-state index contributed by atoms with van der Waals surface area (Å²) in [4.78, 5) is 16.9. The summed E-state index contributed by atoms with van der Waals surface area (Å²) >= 11 is 13.4. The molecule has 0 radical (unpaired) electrons. The molecule has 0 saturated carbocycles. The lowest BCUT2D eigenvalue weighted by Crippen LogP contribution is -2.12. The fourth-order valence-corrected chi connectivity index (χ4v) is 3.87. The summed E-state index contributed by atoms with van der Waals surface area (Å²) < 4.78 is 5.18. The van der Waals surface area contributed by atoms with Crippen molar-refractivity contribution in [2.75, 3.05) is 18.2 Å². The van der Waals surface area contributed by atoms with Crippen molar-refractivity contribution >= 4 is 46.6 Å². The van der Waals surface area contributed by atoms with Gasteiger partial charge in [-0.15, -0.1) is 11.8 Å². The van der Waals surface area contributed by atoms with Gasteiger partial charge in [0.2, 0.25) is 5.91 Å². The highest BCUT2D eigenvalue weighted by molar-refractivity contribution is 7.99. The third kappa shape index (κ3) is 5.45. The maximum absolute atomic E-state index is 12.2. The molecule has 0 fully saturated rings. The Balaban J connectivity index is 1.66. The molecule has 8 heteroatoms. The molecular formula is C22H17Cl2N3O2S. The van der Waals surface area contributed by atoms with Crippen molar-refractivity contribution in [2.45, 2.75) is 11.4 Å². The molecule has 0 aliphatic carbocycles. The van der Waals surface area contributed by atoms with Crippen LogP contribution in [0.15, 0.2) is 59.6 Å². The van der Waals surface area contributed by atoms with Gasteiger partial charge < -0.3 is 10.1 Å². The number of anilines is 1. The van der Waals surface area contributed by atoms with E-state index in [1.165, 1.54) is 11.8 Å². The lowest BCUT2D eigenvalue weighted by atomic mass is 10.1. The van der Waals surface area contributed by atoms with Crippen molar-refractivity contribution in [1.29, 1.82) is 5.26 Å². The summed E-state index contributed by atoms with van der Waals surface area (Å²) in [5.74, 6) is 1.02. The van der Waals surface area contributed by atoms with Crippen molar-refractivity contribution in [1.82, 2.24) is 4.98 Å². The van der Waals surface area contributed by atoms with Crippen LogP contribution >= 0.6 is 35.0 Å². The molecule has 0 bridgehead atoms. The molecule has 152 valence electrons. The molecule has 0 atom stereocenters. The average Bonchev–Trinajstić information content (AvgIpc) is 2.77. The summed E-state index contributed by atoms with van der Waals surface area (Å²) in [5.41, 5.74) is 2.59. The SMILES string of the molecule is COc1ccc(-c2ccc(C#N)c(SCCC(=O)Nc3cccc(Cl)c3Cl)n2)cc1. The van der Waals surface area contributed by atoms with Crippen LogP contribution in [0.4, 0.5) is 5.69 Å². The number of rotatable bonds is 7. The Hall–Kier alpha value is -2.72. The standard InChI is InChI=1S/C22H17Cl2N3O2S/c1-29-16-8-5-14(6-9-16)18-10-7-15(13-25)22(27-18)30-12-11-20(28)26-19-4-2-3-17(23)21(19)24/h2-10H,11-12H2,1H3,(H,26,28). The summed E-state index contributed by atoms with van der Waals surface area (Å²) in [6, 6.07) is 18.3. The van der Waals surface area contributed by atoms with Crippen LogP contribution in [0.3, 0.4) is 0 Å². The third-order valence-electron chi connectivity index (χ3n) is 4.16. The largest absolute Gasteiger partial charge is 0.497 e. The number of halogens is 2. The maximum atomic E-state index is 12.2. The lowest BCUT2D eigenvalue weighted by Gasteiger charge is -2.09. The molecule has 5 nitrogen and oxygen atoms in total. The molecule has 1 N–H and O–H groups in total. The lowest BCUT2D eigenvalue weighted by molar-refractivity contribution is -0.115. The number of pyridine rings is 1. The van der Waals surface area contributed by atoms with E-state index in [9.17, 15) is 10.1 Å². The quantitative estimate of drug-likeness (QED) is 0.436. The number of hydrogen-bond acceptors (Lipinski definition) is 5. The highest BCUT2D eigenvalue weighted by Crippen LogP contribution is 2.30. The minimum absolute atomic E-state index is 0.198. The number of nitrogens with zero attached hydrogens (tertiary/aromatic N) is 2. The van der Waals surface area contributed by atoms with Crippen LogP contribution in [0.1, 0.15) is 12.0 Å². The zero-order valence-electron chi connectivity index (χ0n) is 16.0. The molecule has 0 spiro atoms. The molecule has 0 aliphatic heterocycles. The van der Waals surface area contributed by atoms with Gasteiger partial charge in [-0.2, -0.15) is 5.26 Å². The summed E-state index contributed by atoms with van der Waals surface area (Å²) in [7, 11) is 1.61. The molecule has 0 unspecified atom stereocenters. The van der Waals surface area contributed by atoms with Crippen LogP contribution in [0.5, 0.6) is 5.75 Å². The molecule has 0 saturated heterocycles. The van der Waals surface area contributed by atoms with E-state index in [-0.39, 0.29) is 12.3 Å². The summed E-state index contributed by atoms with van der Waals surface area (Å²) in [5, 5.41) is 13.4. The van der Waals surface area contributed by atoms with Crippen molar-refractivity contribution < 1.29 is 9.53 Å². The average molecular weight is 458 g/mol. The first kappa shape index (κ1) is 22.0. The predicted molar refractivity (Wildman–Crippen MR) is 121 cm³/mol. The topological polar surface area (TPSA) is 75.0 Å². The minimum Gasteiger partial charge on any atom is -0.497 e. The maximum Gasteiger partial charge on any atom is 0.225 e. The molecule has 1 amide bonds. The van der Waals surface area contributed by atoms with E-state index >= 15 is 0 Å². The van der Waals surface area contributed by atoms with E-state index in [0.717, 1.165) is 17.0 Å². The van der Waals surface area contributed by atoms with Crippen LogP contribution in [0.2, 0.25) is 10.0 Å². The van der Waals surface area contributed by atoms with E-state index in [1.807, 2.05) is 24.3 Å². The molecule has 2 aromatic carbocycles. The number of benzene rings is 2. The molecule has 0 aliphatic rings. The Kier molecular flexibility index (Phi) is 7.58. The Morgan fingerprint density at radius 3 is 2.63 bits per heavy atom. The summed E-state index contributed by atoms with van der Waals surface area (Å²) in [6.07, 6.45) is 0.229. The Morgan fingerprint density at radius 2 is 1.93 bits per heavy atom. The third-order valence-corrected chi connectivity index (χ3v) is 5.97. The minimum atomic E-state index is -0.198. The number of methoxy groups -OCH3 is 1. The van der Waals surface area contributed by atoms with Gasteiger partial charge in [0.25, 0.3) is 0 Å². The van der Waals surface area contributed by atoms with Crippen LogP contribution in [-0.4, -0.2) is 23.8 Å². The van der Waals surface area contributed by atoms with Gasteiger partial charge in [0.05, 0.1) is 34.1 Å². The van der Waals surface area contributed by atoms with Crippen molar-refractivity contribution in [3.8, 4) is 23.1 Å². The molecule has 1 aromatic heterocycles. The fourth-order valence-electron chi connectivity index (χ4n) is 2.61. The van der Waals surface area contributed by atoms with Gasteiger partial charge in [0.15, 0.2) is 0 Å². The van der Waals surface area contributed by atoms with Crippen LogP contribution in [0, 0.1) is 11.3 Å². The number of hydrogen-bond donors (Lipinski definition) is 1. The molecule has 30 heavy (non-hydrogen) atoms. The first-order chi connectivity index (χ1) is 14.5. The van der Waals surface area contributed by atoms with Crippen molar-refractivity contribution in [2.24, 2.45) is 0 Å². The van der Waals surface area contributed by atoms with Crippen molar-refractivity contribution in [3.63, 3.8) is 0 Å². The van der Waals surface area contributed by atoms with Crippen LogP contribution < -0.4 is 10.1 Å². The number of ether oxygens (including phenoxy) is 1. The molecule has 3 aromatic rings. The van der Waals surface area contributed by atoms with E-state index in [4.69, 9.17) is 27.9 Å². The van der Waals surface area contributed by atoms with E-state index in [1.54, 1.807) is 37.4 Å². The van der Waals surface area contributed by atoms with Crippen LogP contribution in [0.25, 0.3) is 11.3 Å². The molecular weight excluding hydrogens is 441 g/mol. The monoisotopic (exact) mass is 457 g/mol. The second-order valence-corrected chi connectivity index (χ2v) is 8.01. The molecule has 1 heterocycles. The van der Waals surface area contributed by atoms with E-state index in [2.05, 4.69) is 16.4 Å². The van der Waals surface area contributed by atoms with Gasteiger partial charge in [-0.3, -0.25) is 4.79 Å². The number of amides is 1. The normalized spacial score (nSPS) is 10.3. The van der Waals surface area contributed by atoms with Gasteiger partial charge in [-0.05, 0) is 48.5 Å². The number of carbonyl (C=O) groups is 1. The zero-order chi connectivity index (χ0) is 21.5. The number of nitriles is 1. The Morgan fingerprint density at radius 1 is 1.17 bits per heavy atom. The first-order valence-corrected chi connectivity index (χ1v) is 10.7. The number of carbonyl (C=O) groups excluding carboxylic acids is 1. The van der Waals surface area contributed by atoms with Gasteiger partial charge >= 0.3 is 0 Å². The predicted octanol–water partition coefficient (Wildman–Crippen LogP) is 6.06. The Bertz CT molecular complexity index is 1100. The van der Waals surface area contributed by atoms with E-state index in [0.29, 0.717) is 32.1 Å². The first-order valence-electron chi connectivity index (χ1n) is 8.94.